The van der Waals surface area contributed by atoms with Gasteiger partial charge in [0.1, 0.15) is 5.60 Å². The van der Waals surface area contributed by atoms with Crippen LogP contribution in [0.15, 0.2) is 24.3 Å². The van der Waals surface area contributed by atoms with Gasteiger partial charge in [-0.15, -0.1) is 0 Å². The third kappa shape index (κ3) is 3.98. The van der Waals surface area contributed by atoms with E-state index in [0.29, 0.717) is 12.1 Å². The summed E-state index contributed by atoms with van der Waals surface area (Å²) in [5.74, 6) is 0.0699. The topological polar surface area (TPSA) is 67.4 Å². The lowest BCUT2D eigenvalue weighted by Crippen LogP contribution is -2.27. The number of carbonyl (C=O) groups excluding carboxylic acids is 2. The zero-order chi connectivity index (χ0) is 14.8. The molecule has 1 aromatic rings. The highest BCUT2D eigenvalue weighted by Crippen LogP contribution is 2.25. The number of rotatable bonds is 2. The van der Waals surface area contributed by atoms with Gasteiger partial charge in [0.15, 0.2) is 0 Å². The Labute approximate surface area is 118 Å². The first-order chi connectivity index (χ1) is 9.33. The first-order valence-electron chi connectivity index (χ1n) is 6.73. The Morgan fingerprint density at radius 1 is 1.40 bits per heavy atom. The minimum absolute atomic E-state index is 0.0305. The number of hydrogen-bond donors (Lipinski definition) is 2. The van der Waals surface area contributed by atoms with Gasteiger partial charge in [-0.05, 0) is 44.9 Å². The molecule has 0 saturated carbocycles. The van der Waals surface area contributed by atoms with E-state index in [0.717, 1.165) is 12.0 Å². The van der Waals surface area contributed by atoms with Crippen LogP contribution in [0.25, 0.3) is 0 Å². The summed E-state index contributed by atoms with van der Waals surface area (Å²) in [6, 6.07) is 7.48. The van der Waals surface area contributed by atoms with E-state index in [-0.39, 0.29) is 11.9 Å². The van der Waals surface area contributed by atoms with Crippen molar-refractivity contribution in [2.75, 3.05) is 5.32 Å². The van der Waals surface area contributed by atoms with Gasteiger partial charge in [0.2, 0.25) is 5.91 Å². The van der Waals surface area contributed by atoms with Gasteiger partial charge in [-0.3, -0.25) is 10.1 Å². The number of nitrogens with one attached hydrogen (secondary N) is 2. The molecule has 5 heteroatoms. The summed E-state index contributed by atoms with van der Waals surface area (Å²) in [6.07, 6.45) is 0.855. The van der Waals surface area contributed by atoms with Crippen LogP contribution in [0, 0.1) is 0 Å². The van der Waals surface area contributed by atoms with Crippen molar-refractivity contribution >= 4 is 17.7 Å². The van der Waals surface area contributed by atoms with Gasteiger partial charge < -0.3 is 10.1 Å². The second-order valence-electron chi connectivity index (χ2n) is 5.91. The van der Waals surface area contributed by atoms with Crippen LogP contribution in [0.4, 0.5) is 10.5 Å². The Morgan fingerprint density at radius 2 is 2.15 bits per heavy atom. The molecule has 108 valence electrons. The molecule has 1 saturated heterocycles. The predicted octanol–water partition coefficient (Wildman–Crippen LogP) is 2.98. The van der Waals surface area contributed by atoms with Crippen molar-refractivity contribution < 1.29 is 14.3 Å². The molecule has 1 aromatic carbocycles. The Kier molecular flexibility index (Phi) is 3.97. The first-order valence-corrected chi connectivity index (χ1v) is 6.73. The van der Waals surface area contributed by atoms with Crippen LogP contribution < -0.4 is 10.6 Å². The summed E-state index contributed by atoms with van der Waals surface area (Å²) >= 11 is 0. The molecule has 2 N–H and O–H groups in total. The Balaban J connectivity index is 2.03. The normalized spacial score (nSPS) is 18.6. The molecule has 1 atom stereocenters. The van der Waals surface area contributed by atoms with Crippen molar-refractivity contribution in [3.8, 4) is 0 Å². The highest BCUT2D eigenvalue weighted by atomic mass is 16.6. The zero-order valence-electron chi connectivity index (χ0n) is 12.0. The highest BCUT2D eigenvalue weighted by Gasteiger charge is 2.22. The van der Waals surface area contributed by atoms with Gasteiger partial charge >= 0.3 is 6.09 Å². The van der Waals surface area contributed by atoms with E-state index in [1.807, 2.05) is 39.0 Å². The second-order valence-corrected chi connectivity index (χ2v) is 5.91. The molecule has 0 spiro atoms. The molecule has 1 aliphatic heterocycles. The molecule has 1 fully saturated rings. The van der Waals surface area contributed by atoms with Crippen molar-refractivity contribution in [2.45, 2.75) is 45.3 Å². The van der Waals surface area contributed by atoms with E-state index in [2.05, 4.69) is 10.6 Å². The quantitative estimate of drug-likeness (QED) is 0.872. The minimum Gasteiger partial charge on any atom is -0.444 e. The summed E-state index contributed by atoms with van der Waals surface area (Å²) in [7, 11) is 0. The van der Waals surface area contributed by atoms with Gasteiger partial charge in [0, 0.05) is 12.1 Å². The fourth-order valence-corrected chi connectivity index (χ4v) is 2.12. The smallest absolute Gasteiger partial charge is 0.412 e. The molecular weight excluding hydrogens is 256 g/mol. The summed E-state index contributed by atoms with van der Waals surface area (Å²) < 4.78 is 5.20. The standard InChI is InChI=1S/C15H20N2O3/c1-15(2,3)20-14(19)16-11-6-4-5-10(9-11)12-7-8-13(18)17-12/h4-6,9,12H,7-8H2,1-3H3,(H,16,19)(H,17,18). The van der Waals surface area contributed by atoms with Gasteiger partial charge in [-0.2, -0.15) is 0 Å². The lowest BCUT2D eigenvalue weighted by molar-refractivity contribution is -0.119. The van der Waals surface area contributed by atoms with Crippen molar-refractivity contribution in [3.63, 3.8) is 0 Å². The van der Waals surface area contributed by atoms with Crippen LogP contribution in [-0.4, -0.2) is 17.6 Å². The molecule has 0 radical (unpaired) electrons. The van der Waals surface area contributed by atoms with E-state index in [1.165, 1.54) is 0 Å². The third-order valence-electron chi connectivity index (χ3n) is 2.93. The minimum atomic E-state index is -0.527. The molecule has 2 rings (SSSR count). The number of carbonyl (C=O) groups is 2. The van der Waals surface area contributed by atoms with Gasteiger partial charge in [-0.1, -0.05) is 12.1 Å². The average molecular weight is 276 g/mol. The average Bonchev–Trinajstić information content (AvgIpc) is 2.73. The van der Waals surface area contributed by atoms with E-state index < -0.39 is 11.7 Å². The summed E-state index contributed by atoms with van der Waals surface area (Å²) in [5.41, 5.74) is 1.13. The van der Waals surface area contributed by atoms with Crippen LogP contribution in [0.2, 0.25) is 0 Å². The number of benzene rings is 1. The summed E-state index contributed by atoms with van der Waals surface area (Å²) in [6.45, 7) is 5.45. The van der Waals surface area contributed by atoms with E-state index in [1.54, 1.807) is 6.07 Å². The summed E-state index contributed by atoms with van der Waals surface area (Å²) in [4.78, 5) is 23.0. The van der Waals surface area contributed by atoms with Gasteiger partial charge in [-0.25, -0.2) is 4.79 Å². The largest absolute Gasteiger partial charge is 0.444 e. The summed E-state index contributed by atoms with van der Waals surface area (Å²) in [5, 5.41) is 5.61. The molecular formula is C15H20N2O3. The predicted molar refractivity (Wildman–Crippen MR) is 76.4 cm³/mol. The van der Waals surface area contributed by atoms with Crippen molar-refractivity contribution in [1.29, 1.82) is 0 Å². The fourth-order valence-electron chi connectivity index (χ4n) is 2.12. The van der Waals surface area contributed by atoms with Crippen LogP contribution >= 0.6 is 0 Å². The maximum absolute atomic E-state index is 11.7. The Bertz CT molecular complexity index is 520. The molecule has 2 amide bonds. The lowest BCUT2D eigenvalue weighted by atomic mass is 10.0. The number of hydrogen-bond acceptors (Lipinski definition) is 3. The molecule has 0 aromatic heterocycles. The molecule has 1 aliphatic rings. The SMILES string of the molecule is CC(C)(C)OC(=O)Nc1cccc(C2CCC(=O)N2)c1. The Hall–Kier alpha value is -2.04. The molecule has 5 nitrogen and oxygen atoms in total. The van der Waals surface area contributed by atoms with E-state index >= 15 is 0 Å². The van der Waals surface area contributed by atoms with Gasteiger partial charge in [0.25, 0.3) is 0 Å². The number of ether oxygens (including phenoxy) is 1. The van der Waals surface area contributed by atoms with E-state index in [4.69, 9.17) is 4.74 Å². The van der Waals surface area contributed by atoms with Crippen molar-refractivity contribution in [3.05, 3.63) is 29.8 Å². The highest BCUT2D eigenvalue weighted by molar-refractivity contribution is 5.85. The zero-order valence-corrected chi connectivity index (χ0v) is 12.0. The molecule has 0 aliphatic carbocycles. The fraction of sp³-hybridized carbons (Fsp3) is 0.467. The third-order valence-corrected chi connectivity index (χ3v) is 2.93. The first kappa shape index (κ1) is 14.4. The van der Waals surface area contributed by atoms with E-state index in [9.17, 15) is 9.59 Å². The van der Waals surface area contributed by atoms with Crippen LogP contribution in [0.1, 0.15) is 45.2 Å². The Morgan fingerprint density at radius 3 is 2.75 bits per heavy atom. The number of amides is 2. The molecule has 0 bridgehead atoms. The maximum atomic E-state index is 11.7. The van der Waals surface area contributed by atoms with Crippen molar-refractivity contribution in [1.82, 2.24) is 5.32 Å². The maximum Gasteiger partial charge on any atom is 0.412 e. The lowest BCUT2D eigenvalue weighted by Gasteiger charge is -2.20. The second kappa shape index (κ2) is 5.53. The number of anilines is 1. The molecule has 20 heavy (non-hydrogen) atoms. The molecule has 1 unspecified atom stereocenters. The van der Waals surface area contributed by atoms with Crippen LogP contribution in [-0.2, 0) is 9.53 Å². The van der Waals surface area contributed by atoms with Crippen molar-refractivity contribution in [2.24, 2.45) is 0 Å². The van der Waals surface area contributed by atoms with Crippen LogP contribution in [0.5, 0.6) is 0 Å². The monoisotopic (exact) mass is 276 g/mol. The van der Waals surface area contributed by atoms with Gasteiger partial charge in [0.05, 0.1) is 6.04 Å². The van der Waals surface area contributed by atoms with Crippen LogP contribution in [0.3, 0.4) is 0 Å². The molecule has 1 heterocycles.